The van der Waals surface area contributed by atoms with Crippen LogP contribution in [-0.2, 0) is 0 Å². The molecule has 0 radical (unpaired) electrons. The minimum atomic E-state index is 0.834. The van der Waals surface area contributed by atoms with Crippen LogP contribution in [-0.4, -0.2) is 36.1 Å². The van der Waals surface area contributed by atoms with Gasteiger partial charge in [0.25, 0.3) is 0 Å². The molecule has 1 aliphatic carbocycles. The lowest BCUT2D eigenvalue weighted by Gasteiger charge is -2.36. The van der Waals surface area contributed by atoms with E-state index in [9.17, 15) is 0 Å². The molecule has 3 fully saturated rings. The van der Waals surface area contributed by atoms with E-state index in [0.717, 1.165) is 18.1 Å². The van der Waals surface area contributed by atoms with Crippen molar-refractivity contribution in [3.05, 3.63) is 0 Å². The lowest BCUT2D eigenvalue weighted by atomic mass is 9.90. The van der Waals surface area contributed by atoms with E-state index in [0.29, 0.717) is 0 Å². The molecule has 1 N–H and O–H groups in total. The van der Waals surface area contributed by atoms with Gasteiger partial charge in [0.15, 0.2) is 0 Å². The largest absolute Gasteiger partial charge is 0.310 e. The Bertz CT molecular complexity index is 200. The summed E-state index contributed by atoms with van der Waals surface area (Å²) in [5, 5.41) is 3.87. The van der Waals surface area contributed by atoms with Crippen LogP contribution < -0.4 is 5.32 Å². The quantitative estimate of drug-likeness (QED) is 0.720. The molecule has 2 unspecified atom stereocenters. The zero-order valence-corrected chi connectivity index (χ0v) is 9.04. The van der Waals surface area contributed by atoms with E-state index in [-0.39, 0.29) is 0 Å². The summed E-state index contributed by atoms with van der Waals surface area (Å²) in [4.78, 5) is 2.72. The van der Waals surface area contributed by atoms with Crippen LogP contribution in [0.4, 0.5) is 0 Å². The molecule has 2 heterocycles. The molecule has 2 saturated heterocycles. The molecule has 2 nitrogen and oxygen atoms in total. The summed E-state index contributed by atoms with van der Waals surface area (Å²) in [6.45, 7) is 2.72. The second kappa shape index (κ2) is 3.82. The molecular formula is C12H22N2. The van der Waals surface area contributed by atoms with Crippen molar-refractivity contribution in [3.8, 4) is 0 Å². The normalized spacial score (nSPS) is 39.4. The molecule has 2 heteroatoms. The van der Waals surface area contributed by atoms with E-state index in [1.165, 1.54) is 58.0 Å². The van der Waals surface area contributed by atoms with Crippen molar-refractivity contribution in [2.24, 2.45) is 0 Å². The van der Waals surface area contributed by atoms with Crippen LogP contribution in [0.25, 0.3) is 0 Å². The molecule has 0 aromatic carbocycles. The van der Waals surface area contributed by atoms with Crippen LogP contribution in [0.2, 0.25) is 0 Å². The van der Waals surface area contributed by atoms with Crippen molar-refractivity contribution in [2.45, 2.75) is 63.1 Å². The fourth-order valence-corrected chi connectivity index (χ4v) is 3.32. The average molecular weight is 194 g/mol. The van der Waals surface area contributed by atoms with E-state index in [4.69, 9.17) is 0 Å². The fraction of sp³-hybridized carbons (Fsp3) is 1.00. The maximum atomic E-state index is 3.87. The van der Waals surface area contributed by atoms with Crippen molar-refractivity contribution in [1.82, 2.24) is 10.2 Å². The lowest BCUT2D eigenvalue weighted by Crippen LogP contribution is -2.49. The molecule has 0 aromatic rings. The zero-order chi connectivity index (χ0) is 9.38. The van der Waals surface area contributed by atoms with Gasteiger partial charge in [0.05, 0.1) is 0 Å². The first kappa shape index (κ1) is 9.17. The highest BCUT2D eigenvalue weighted by atomic mass is 15.2. The van der Waals surface area contributed by atoms with Crippen molar-refractivity contribution in [1.29, 1.82) is 0 Å². The first-order chi connectivity index (χ1) is 6.93. The molecule has 3 rings (SSSR count). The van der Waals surface area contributed by atoms with Crippen LogP contribution in [0.15, 0.2) is 0 Å². The SMILES string of the molecule is C1CC(NC2CCN3CCCCC23)C1. The maximum absolute atomic E-state index is 3.87. The second-order valence-corrected chi connectivity index (χ2v) is 5.29. The van der Waals surface area contributed by atoms with Crippen molar-refractivity contribution in [2.75, 3.05) is 13.1 Å². The van der Waals surface area contributed by atoms with Crippen LogP contribution in [0.3, 0.4) is 0 Å². The van der Waals surface area contributed by atoms with Crippen LogP contribution >= 0.6 is 0 Å². The molecule has 0 spiro atoms. The first-order valence-electron chi connectivity index (χ1n) is 6.43. The van der Waals surface area contributed by atoms with Gasteiger partial charge in [-0.05, 0) is 38.6 Å². The van der Waals surface area contributed by atoms with Gasteiger partial charge in [-0.15, -0.1) is 0 Å². The van der Waals surface area contributed by atoms with E-state index >= 15 is 0 Å². The molecule has 2 aliphatic heterocycles. The number of fused-ring (bicyclic) bond motifs is 1. The minimum Gasteiger partial charge on any atom is -0.310 e. The van der Waals surface area contributed by atoms with Gasteiger partial charge in [0.1, 0.15) is 0 Å². The summed E-state index contributed by atoms with van der Waals surface area (Å²) in [5.74, 6) is 0. The predicted octanol–water partition coefficient (Wildman–Crippen LogP) is 1.76. The molecule has 2 atom stereocenters. The van der Waals surface area contributed by atoms with Gasteiger partial charge in [0, 0.05) is 24.7 Å². The molecule has 0 bridgehead atoms. The summed E-state index contributed by atoms with van der Waals surface area (Å²) in [6.07, 6.45) is 10.1. The standard InChI is InChI=1S/C12H22N2/c1-2-8-14-9-7-11(12(14)6-1)13-10-4-3-5-10/h10-13H,1-9H2. The Morgan fingerprint density at radius 2 is 1.79 bits per heavy atom. The summed E-state index contributed by atoms with van der Waals surface area (Å²) in [7, 11) is 0. The Morgan fingerprint density at radius 1 is 0.857 bits per heavy atom. The topological polar surface area (TPSA) is 15.3 Å². The Hall–Kier alpha value is -0.0800. The van der Waals surface area contributed by atoms with Gasteiger partial charge < -0.3 is 5.32 Å². The summed E-state index contributed by atoms with van der Waals surface area (Å²) in [5.41, 5.74) is 0. The Morgan fingerprint density at radius 3 is 2.57 bits per heavy atom. The molecule has 14 heavy (non-hydrogen) atoms. The third kappa shape index (κ3) is 1.59. The fourth-order valence-electron chi connectivity index (χ4n) is 3.32. The van der Waals surface area contributed by atoms with E-state index in [1.807, 2.05) is 0 Å². The van der Waals surface area contributed by atoms with Crippen LogP contribution in [0.1, 0.15) is 44.9 Å². The highest BCUT2D eigenvalue weighted by Crippen LogP contribution is 2.29. The van der Waals surface area contributed by atoms with Crippen LogP contribution in [0, 0.1) is 0 Å². The number of nitrogens with zero attached hydrogens (tertiary/aromatic N) is 1. The van der Waals surface area contributed by atoms with Gasteiger partial charge in [-0.3, -0.25) is 4.90 Å². The monoisotopic (exact) mass is 194 g/mol. The number of rotatable bonds is 2. The summed E-state index contributed by atoms with van der Waals surface area (Å²) in [6, 6.07) is 2.60. The van der Waals surface area contributed by atoms with Crippen molar-refractivity contribution < 1.29 is 0 Å². The van der Waals surface area contributed by atoms with Gasteiger partial charge in [-0.2, -0.15) is 0 Å². The summed E-state index contributed by atoms with van der Waals surface area (Å²) < 4.78 is 0. The number of piperidine rings is 1. The smallest absolute Gasteiger partial charge is 0.0249 e. The Balaban J connectivity index is 1.57. The van der Waals surface area contributed by atoms with Gasteiger partial charge in [-0.1, -0.05) is 12.8 Å². The van der Waals surface area contributed by atoms with E-state index in [1.54, 1.807) is 0 Å². The van der Waals surface area contributed by atoms with E-state index in [2.05, 4.69) is 10.2 Å². The number of nitrogens with one attached hydrogen (secondary N) is 1. The predicted molar refractivity (Wildman–Crippen MR) is 58.4 cm³/mol. The highest BCUT2D eigenvalue weighted by Gasteiger charge is 2.36. The molecule has 0 amide bonds. The maximum Gasteiger partial charge on any atom is 0.0249 e. The highest BCUT2D eigenvalue weighted by molar-refractivity contribution is 4.96. The molecule has 0 aromatic heterocycles. The number of hydrogen-bond acceptors (Lipinski definition) is 2. The third-order valence-corrected chi connectivity index (χ3v) is 4.41. The molecule has 80 valence electrons. The Labute approximate surface area is 87.0 Å². The van der Waals surface area contributed by atoms with Gasteiger partial charge >= 0.3 is 0 Å². The molecule has 1 saturated carbocycles. The molecule has 3 aliphatic rings. The Kier molecular flexibility index (Phi) is 2.50. The second-order valence-electron chi connectivity index (χ2n) is 5.29. The zero-order valence-electron chi connectivity index (χ0n) is 9.04. The summed E-state index contributed by atoms with van der Waals surface area (Å²) >= 11 is 0. The minimum absolute atomic E-state index is 0.834. The number of hydrogen-bond donors (Lipinski definition) is 1. The first-order valence-corrected chi connectivity index (χ1v) is 6.43. The van der Waals surface area contributed by atoms with Gasteiger partial charge in [-0.25, -0.2) is 0 Å². The average Bonchev–Trinajstić information content (AvgIpc) is 2.55. The van der Waals surface area contributed by atoms with Gasteiger partial charge in [0.2, 0.25) is 0 Å². The van der Waals surface area contributed by atoms with Crippen molar-refractivity contribution in [3.63, 3.8) is 0 Å². The third-order valence-electron chi connectivity index (χ3n) is 4.41. The lowest BCUT2D eigenvalue weighted by molar-refractivity contribution is 0.168. The molecular weight excluding hydrogens is 172 g/mol. The van der Waals surface area contributed by atoms with E-state index < -0.39 is 0 Å². The van der Waals surface area contributed by atoms with Crippen LogP contribution in [0.5, 0.6) is 0 Å². The van der Waals surface area contributed by atoms with Crippen molar-refractivity contribution >= 4 is 0 Å².